The summed E-state index contributed by atoms with van der Waals surface area (Å²) in [5.74, 6) is -5.05. The monoisotopic (exact) mass is 1090 g/mol. The summed E-state index contributed by atoms with van der Waals surface area (Å²) in [5, 5.41) is 87.6. The van der Waals surface area contributed by atoms with Crippen LogP contribution in [0, 0.1) is 6.92 Å². The van der Waals surface area contributed by atoms with Gasteiger partial charge < -0.3 is 35.7 Å². The van der Waals surface area contributed by atoms with Crippen LogP contribution in [0.4, 0.5) is 0 Å². The van der Waals surface area contributed by atoms with Crippen molar-refractivity contribution in [3.8, 4) is 84.8 Å². The largest absolute Gasteiger partial charge is 0.508 e. The molecule has 84 heavy (non-hydrogen) atoms. The molecule has 1 aliphatic carbocycles. The quantitative estimate of drug-likeness (QED) is 0.0803. The second-order valence-electron chi connectivity index (χ2n) is 21.9. The Bertz CT molecular complexity index is 3690. The highest BCUT2D eigenvalue weighted by atomic mass is 16.3. The Kier molecular flexibility index (Phi) is 13.7. The van der Waals surface area contributed by atoms with E-state index in [9.17, 15) is 35.7 Å². The van der Waals surface area contributed by atoms with Gasteiger partial charge in [0.05, 0.1) is 0 Å². The number of phenolic OH excluding ortho intramolecular Hbond substituents is 7. The van der Waals surface area contributed by atoms with Crippen molar-refractivity contribution in [2.24, 2.45) is 0 Å². The van der Waals surface area contributed by atoms with Gasteiger partial charge in [-0.25, -0.2) is 0 Å². The Labute approximate surface area is 487 Å². The molecule has 0 fully saturated rings. The SMILES string of the molecule is Cc1cc(O)c2cc1C(c1ccc(-c3ccccc3)cc1)c1cc(c(O)cc1O)C(c1ccc(-c3ccccc3)cc1)c1cc(c(O)cc1O)C(c1ccc(-c3ccccc3)cc1)c1cc(c(O)cc1O)C2c1ccc(-c2ccccc2)cc1. The van der Waals surface area contributed by atoms with Crippen molar-refractivity contribution >= 4 is 0 Å². The predicted octanol–water partition coefficient (Wildman–Crippen LogP) is 17.6. The Balaban J connectivity index is 1.12. The van der Waals surface area contributed by atoms with Crippen LogP contribution in [0.15, 0.2) is 267 Å². The van der Waals surface area contributed by atoms with Crippen LogP contribution in [0.3, 0.4) is 0 Å². The lowest BCUT2D eigenvalue weighted by Crippen LogP contribution is -2.13. The van der Waals surface area contributed by atoms with Gasteiger partial charge in [-0.2, -0.15) is 0 Å². The summed E-state index contributed by atoms with van der Waals surface area (Å²) in [4.78, 5) is 0. The van der Waals surface area contributed by atoms with Crippen molar-refractivity contribution in [3.05, 3.63) is 339 Å². The molecule has 8 bridgehead atoms. The summed E-state index contributed by atoms with van der Waals surface area (Å²) in [7, 11) is 0. The zero-order chi connectivity index (χ0) is 57.6. The highest BCUT2D eigenvalue weighted by Crippen LogP contribution is 2.53. The van der Waals surface area contributed by atoms with Gasteiger partial charge in [-0.1, -0.05) is 218 Å². The van der Waals surface area contributed by atoms with Crippen molar-refractivity contribution in [2.45, 2.75) is 30.6 Å². The predicted molar refractivity (Wildman–Crippen MR) is 333 cm³/mol. The van der Waals surface area contributed by atoms with Crippen LogP contribution >= 0.6 is 0 Å². The molecule has 4 unspecified atom stereocenters. The van der Waals surface area contributed by atoms with E-state index in [0.717, 1.165) is 50.1 Å². The Morgan fingerprint density at radius 1 is 0.190 bits per heavy atom. The maximum atomic E-state index is 12.6. The van der Waals surface area contributed by atoms with Crippen LogP contribution in [0.5, 0.6) is 40.2 Å². The summed E-state index contributed by atoms with van der Waals surface area (Å²) >= 11 is 0. The maximum absolute atomic E-state index is 12.6. The lowest BCUT2D eigenvalue weighted by atomic mass is 9.74. The first-order valence-corrected chi connectivity index (χ1v) is 28.1. The molecule has 1 aliphatic rings. The lowest BCUT2D eigenvalue weighted by Gasteiger charge is -2.30. The van der Waals surface area contributed by atoms with Crippen molar-refractivity contribution in [1.82, 2.24) is 0 Å². The minimum Gasteiger partial charge on any atom is -0.508 e. The number of hydrogen-bond acceptors (Lipinski definition) is 7. The first kappa shape index (κ1) is 52.6. The van der Waals surface area contributed by atoms with Gasteiger partial charge in [0.15, 0.2) is 0 Å². The van der Waals surface area contributed by atoms with Gasteiger partial charge in [0.25, 0.3) is 0 Å². The average molecular weight is 1100 g/mol. The Morgan fingerprint density at radius 2 is 0.369 bits per heavy atom. The molecule has 0 aliphatic heterocycles. The summed E-state index contributed by atoms with van der Waals surface area (Å²) in [5.41, 5.74) is 14.6. The molecule has 7 N–H and O–H groups in total. The topological polar surface area (TPSA) is 142 Å². The third-order valence-electron chi connectivity index (χ3n) is 16.8. The minimum absolute atomic E-state index is 0.0507. The molecule has 13 rings (SSSR count). The van der Waals surface area contributed by atoms with E-state index in [1.54, 1.807) is 24.3 Å². The van der Waals surface area contributed by atoms with Crippen molar-refractivity contribution in [2.75, 3.05) is 0 Å². The Hall–Kier alpha value is -10.8. The van der Waals surface area contributed by atoms with E-state index < -0.39 is 23.7 Å². The summed E-state index contributed by atoms with van der Waals surface area (Å²) < 4.78 is 0. The van der Waals surface area contributed by atoms with Gasteiger partial charge in [0, 0.05) is 80.8 Å². The molecule has 7 heteroatoms. The second kappa shape index (κ2) is 21.9. The molecular formula is C77H58O7. The highest BCUT2D eigenvalue weighted by molar-refractivity contribution is 5.72. The number of aromatic hydroxyl groups is 7. The fourth-order valence-electron chi connectivity index (χ4n) is 12.6. The van der Waals surface area contributed by atoms with Gasteiger partial charge in [-0.05, 0) is 115 Å². The molecule has 4 atom stereocenters. The first-order chi connectivity index (χ1) is 40.9. The molecule has 408 valence electrons. The molecule has 12 aromatic carbocycles. The van der Waals surface area contributed by atoms with Crippen LogP contribution in [0.2, 0.25) is 0 Å². The zero-order valence-corrected chi connectivity index (χ0v) is 45.8. The zero-order valence-electron chi connectivity index (χ0n) is 45.8. The molecule has 7 nitrogen and oxygen atoms in total. The van der Waals surface area contributed by atoms with Gasteiger partial charge in [0.2, 0.25) is 0 Å². The number of aryl methyl sites for hydroxylation is 1. The minimum atomic E-state index is -0.960. The van der Waals surface area contributed by atoms with Gasteiger partial charge in [0.1, 0.15) is 40.2 Å². The number of fused-ring (bicyclic) bond motifs is 8. The van der Waals surface area contributed by atoms with Crippen LogP contribution in [-0.4, -0.2) is 35.7 Å². The van der Waals surface area contributed by atoms with Crippen molar-refractivity contribution < 1.29 is 35.7 Å². The fraction of sp³-hybridized carbons (Fsp3) is 0.0649. The van der Waals surface area contributed by atoms with E-state index >= 15 is 0 Å². The number of benzene rings is 12. The van der Waals surface area contributed by atoms with Crippen LogP contribution < -0.4 is 0 Å². The number of rotatable bonds is 8. The lowest BCUT2D eigenvalue weighted by molar-refractivity contribution is 0.433. The van der Waals surface area contributed by atoms with E-state index in [0.29, 0.717) is 66.8 Å². The molecular weight excluding hydrogens is 1040 g/mol. The van der Waals surface area contributed by atoms with E-state index in [4.69, 9.17) is 0 Å². The summed E-state index contributed by atoms with van der Waals surface area (Å²) in [6.45, 7) is 1.92. The molecule has 0 radical (unpaired) electrons. The van der Waals surface area contributed by atoms with E-state index in [1.807, 2.05) is 231 Å². The Morgan fingerprint density at radius 3 is 0.595 bits per heavy atom. The van der Waals surface area contributed by atoms with Crippen molar-refractivity contribution in [1.29, 1.82) is 0 Å². The third-order valence-corrected chi connectivity index (χ3v) is 16.8. The highest BCUT2D eigenvalue weighted by Gasteiger charge is 2.35. The smallest absolute Gasteiger partial charge is 0.123 e. The molecule has 0 heterocycles. The maximum Gasteiger partial charge on any atom is 0.123 e. The van der Waals surface area contributed by atoms with E-state index in [2.05, 4.69) is 0 Å². The molecule has 0 saturated heterocycles. The fourth-order valence-corrected chi connectivity index (χ4v) is 12.6. The third kappa shape index (κ3) is 9.81. The van der Waals surface area contributed by atoms with E-state index in [1.165, 1.54) is 18.2 Å². The van der Waals surface area contributed by atoms with Crippen LogP contribution in [0.1, 0.15) is 96.0 Å². The van der Waals surface area contributed by atoms with Crippen LogP contribution in [0.25, 0.3) is 44.5 Å². The number of hydrogen-bond donors (Lipinski definition) is 7. The molecule has 0 amide bonds. The second-order valence-corrected chi connectivity index (χ2v) is 21.9. The molecule has 12 aromatic rings. The first-order valence-electron chi connectivity index (χ1n) is 28.1. The van der Waals surface area contributed by atoms with Crippen LogP contribution in [-0.2, 0) is 0 Å². The average Bonchev–Trinajstić information content (AvgIpc) is 2.11. The van der Waals surface area contributed by atoms with Crippen molar-refractivity contribution in [3.63, 3.8) is 0 Å². The van der Waals surface area contributed by atoms with E-state index in [-0.39, 0.29) is 40.2 Å². The summed E-state index contributed by atoms with van der Waals surface area (Å²) in [6.07, 6.45) is 0. The standard InChI is InChI=1S/C77H58O7/c1-46-38-67(78)60-39-59(46)74(55-30-22-51(23-31-55)47-14-6-2-7-15-47)61-40-62(69(80)43-68(61)79)76(57-34-26-53(27-35-57)49-18-10-4-11-19-49)65-42-66(73(84)45-72(65)83)77(58-36-28-54(29-37-58)50-20-12-5-13-21-50)64-41-63(70(81)44-71(64)82)75(60)56-32-24-52(25-33-56)48-16-8-3-9-17-48/h2-45,74-84H,1H3. The van der Waals surface area contributed by atoms with Gasteiger partial charge in [-0.15, -0.1) is 0 Å². The number of phenols is 7. The van der Waals surface area contributed by atoms with Gasteiger partial charge in [-0.3, -0.25) is 0 Å². The normalized spacial score (nSPS) is 15.5. The molecule has 0 saturated carbocycles. The summed E-state index contributed by atoms with van der Waals surface area (Å²) in [6, 6.07) is 84.9. The molecule has 0 aromatic heterocycles. The molecule has 0 spiro atoms. The van der Waals surface area contributed by atoms with Gasteiger partial charge >= 0.3 is 0 Å².